The summed E-state index contributed by atoms with van der Waals surface area (Å²) in [6.07, 6.45) is 0.859. The number of hydrogen-bond acceptors (Lipinski definition) is 4. The number of nitrogens with zero attached hydrogens (tertiary/aromatic N) is 2. The topological polar surface area (TPSA) is 58.1 Å². The van der Waals surface area contributed by atoms with Gasteiger partial charge in [-0.1, -0.05) is 37.3 Å². The Balaban J connectivity index is 1.85. The van der Waals surface area contributed by atoms with E-state index in [1.165, 1.54) is 15.9 Å². The zero-order valence-corrected chi connectivity index (χ0v) is 15.7. The SMILES string of the molecule is CCc1cc2c(=O)n(CC(=O)N(C)Cc3ccccc3)c(=S)[nH]c2s1. The lowest BCUT2D eigenvalue weighted by atomic mass is 10.2. The minimum absolute atomic E-state index is 0.0647. The summed E-state index contributed by atoms with van der Waals surface area (Å²) in [5.41, 5.74) is 0.827. The molecule has 0 bridgehead atoms. The summed E-state index contributed by atoms with van der Waals surface area (Å²) < 4.78 is 1.62. The number of hydrogen-bond donors (Lipinski definition) is 1. The number of aryl methyl sites for hydroxylation is 1. The van der Waals surface area contributed by atoms with Gasteiger partial charge in [-0.15, -0.1) is 11.3 Å². The number of fused-ring (bicyclic) bond motifs is 1. The van der Waals surface area contributed by atoms with Gasteiger partial charge >= 0.3 is 0 Å². The highest BCUT2D eigenvalue weighted by Gasteiger charge is 2.15. The van der Waals surface area contributed by atoms with Crippen LogP contribution >= 0.6 is 23.6 Å². The molecule has 0 spiro atoms. The highest BCUT2D eigenvalue weighted by molar-refractivity contribution is 7.71. The number of thiophene rings is 1. The molecule has 0 saturated carbocycles. The average molecular weight is 374 g/mol. The summed E-state index contributed by atoms with van der Waals surface area (Å²) in [4.78, 5) is 31.8. The molecule has 0 atom stereocenters. The van der Waals surface area contributed by atoms with Gasteiger partial charge in [-0.2, -0.15) is 0 Å². The fraction of sp³-hybridized carbons (Fsp3) is 0.278. The molecule has 1 N–H and O–H groups in total. The molecule has 0 saturated heterocycles. The van der Waals surface area contributed by atoms with Crippen LogP contribution in [0, 0.1) is 4.77 Å². The Kier molecular flexibility index (Phi) is 5.15. The number of benzene rings is 1. The van der Waals surface area contributed by atoms with Crippen molar-refractivity contribution in [2.45, 2.75) is 26.4 Å². The monoisotopic (exact) mass is 373 g/mol. The number of rotatable bonds is 5. The van der Waals surface area contributed by atoms with Crippen molar-refractivity contribution in [1.82, 2.24) is 14.5 Å². The second-order valence-electron chi connectivity index (χ2n) is 5.87. The van der Waals surface area contributed by atoms with Crippen LogP contribution < -0.4 is 5.56 Å². The molecule has 5 nitrogen and oxygen atoms in total. The van der Waals surface area contributed by atoms with Crippen molar-refractivity contribution in [1.29, 1.82) is 0 Å². The molecule has 1 aromatic carbocycles. The third-order valence-corrected chi connectivity index (χ3v) is 5.57. The van der Waals surface area contributed by atoms with E-state index < -0.39 is 0 Å². The molecular weight excluding hydrogens is 354 g/mol. The Labute approximate surface area is 154 Å². The maximum absolute atomic E-state index is 12.7. The number of likely N-dealkylation sites (N-methyl/N-ethyl adjacent to an activating group) is 1. The first-order valence-corrected chi connectivity index (χ1v) is 9.25. The van der Waals surface area contributed by atoms with Crippen LogP contribution in [0.25, 0.3) is 10.2 Å². The maximum atomic E-state index is 12.7. The lowest BCUT2D eigenvalue weighted by Gasteiger charge is -2.18. The largest absolute Gasteiger partial charge is 0.340 e. The van der Waals surface area contributed by atoms with E-state index in [0.717, 1.165) is 21.7 Å². The van der Waals surface area contributed by atoms with Gasteiger partial charge < -0.3 is 9.88 Å². The number of H-pyrrole nitrogens is 1. The molecule has 0 radical (unpaired) electrons. The highest BCUT2D eigenvalue weighted by atomic mass is 32.1. The van der Waals surface area contributed by atoms with Gasteiger partial charge in [0.1, 0.15) is 11.4 Å². The lowest BCUT2D eigenvalue weighted by molar-refractivity contribution is -0.131. The van der Waals surface area contributed by atoms with Gasteiger partial charge in [0.15, 0.2) is 4.77 Å². The first-order chi connectivity index (χ1) is 12.0. The summed E-state index contributed by atoms with van der Waals surface area (Å²) in [5, 5.41) is 0.592. The summed E-state index contributed by atoms with van der Waals surface area (Å²) in [6, 6.07) is 11.6. The van der Waals surface area contributed by atoms with Gasteiger partial charge in [-0.05, 0) is 30.3 Å². The minimum atomic E-state index is -0.212. The third-order valence-electron chi connectivity index (χ3n) is 4.05. The summed E-state index contributed by atoms with van der Waals surface area (Å²) >= 11 is 6.82. The Morgan fingerprint density at radius 1 is 1.32 bits per heavy atom. The molecule has 0 aliphatic rings. The van der Waals surface area contributed by atoms with Gasteiger partial charge in [0, 0.05) is 18.5 Å². The van der Waals surface area contributed by atoms with Crippen LogP contribution in [0.3, 0.4) is 0 Å². The number of carbonyl (C=O) groups is 1. The van der Waals surface area contributed by atoms with Crippen molar-refractivity contribution in [2.24, 2.45) is 0 Å². The number of amides is 1. The molecule has 25 heavy (non-hydrogen) atoms. The van der Waals surface area contributed by atoms with E-state index >= 15 is 0 Å². The molecule has 0 aliphatic carbocycles. The van der Waals surface area contributed by atoms with Crippen LogP contribution in [-0.4, -0.2) is 27.4 Å². The Hall–Kier alpha value is -2.25. The van der Waals surface area contributed by atoms with Crippen molar-refractivity contribution >= 4 is 39.7 Å². The van der Waals surface area contributed by atoms with Crippen LogP contribution in [0.15, 0.2) is 41.2 Å². The number of nitrogens with one attached hydrogen (secondary N) is 1. The molecule has 0 fully saturated rings. The predicted octanol–water partition coefficient (Wildman–Crippen LogP) is 3.34. The van der Waals surface area contributed by atoms with Crippen LogP contribution in [0.2, 0.25) is 0 Å². The predicted molar refractivity (Wildman–Crippen MR) is 104 cm³/mol. The van der Waals surface area contributed by atoms with E-state index in [0.29, 0.717) is 11.9 Å². The molecule has 0 unspecified atom stereocenters. The maximum Gasteiger partial charge on any atom is 0.263 e. The zero-order valence-electron chi connectivity index (χ0n) is 14.1. The van der Waals surface area contributed by atoms with Crippen molar-refractivity contribution in [3.63, 3.8) is 0 Å². The van der Waals surface area contributed by atoms with E-state index in [1.807, 2.05) is 43.3 Å². The van der Waals surface area contributed by atoms with E-state index in [1.54, 1.807) is 11.9 Å². The second kappa shape index (κ2) is 7.33. The van der Waals surface area contributed by atoms with Crippen molar-refractivity contribution in [3.05, 3.63) is 62.0 Å². The fourth-order valence-corrected chi connectivity index (χ4v) is 3.92. The van der Waals surface area contributed by atoms with Crippen LogP contribution in [0.4, 0.5) is 0 Å². The molecule has 3 aromatic rings. The molecule has 2 heterocycles. The summed E-state index contributed by atoms with van der Waals surface area (Å²) in [7, 11) is 1.73. The minimum Gasteiger partial charge on any atom is -0.340 e. The van der Waals surface area contributed by atoms with Crippen LogP contribution in [-0.2, 0) is 24.3 Å². The smallest absolute Gasteiger partial charge is 0.263 e. The van der Waals surface area contributed by atoms with Gasteiger partial charge in [0.05, 0.1) is 5.39 Å². The van der Waals surface area contributed by atoms with Crippen molar-refractivity contribution < 1.29 is 4.79 Å². The third kappa shape index (κ3) is 3.72. The Bertz CT molecular complexity index is 1020. The van der Waals surface area contributed by atoms with Gasteiger partial charge in [-0.25, -0.2) is 0 Å². The van der Waals surface area contributed by atoms with Gasteiger partial charge in [-0.3, -0.25) is 14.2 Å². The van der Waals surface area contributed by atoms with Gasteiger partial charge in [0.2, 0.25) is 5.91 Å². The summed E-state index contributed by atoms with van der Waals surface area (Å²) in [5.74, 6) is -0.157. The van der Waals surface area contributed by atoms with Crippen LogP contribution in [0.1, 0.15) is 17.4 Å². The molecule has 2 aromatic heterocycles. The van der Waals surface area contributed by atoms with Crippen molar-refractivity contribution in [3.8, 4) is 0 Å². The Morgan fingerprint density at radius 3 is 2.72 bits per heavy atom. The standard InChI is InChI=1S/C18H19N3O2S2/c1-3-13-9-14-16(25-13)19-18(24)21(17(14)23)11-15(22)20(2)10-12-7-5-4-6-8-12/h4-9H,3,10-11H2,1-2H3,(H,19,24). The zero-order chi connectivity index (χ0) is 18.0. The summed E-state index contributed by atoms with van der Waals surface area (Å²) in [6.45, 7) is 2.47. The van der Waals surface area contributed by atoms with Crippen LogP contribution in [0.5, 0.6) is 0 Å². The fourth-order valence-electron chi connectivity index (χ4n) is 2.62. The molecule has 130 valence electrons. The first kappa shape index (κ1) is 17.6. The molecule has 0 aliphatic heterocycles. The second-order valence-corrected chi connectivity index (χ2v) is 7.39. The normalized spacial score (nSPS) is 11.0. The highest BCUT2D eigenvalue weighted by Crippen LogP contribution is 2.21. The van der Waals surface area contributed by atoms with Crippen molar-refractivity contribution in [2.75, 3.05) is 7.05 Å². The quantitative estimate of drug-likeness (QED) is 0.698. The molecular formula is C18H19N3O2S2. The lowest BCUT2D eigenvalue weighted by Crippen LogP contribution is -2.34. The number of aromatic nitrogens is 2. The number of carbonyl (C=O) groups excluding carboxylic acids is 1. The average Bonchev–Trinajstić information content (AvgIpc) is 3.02. The van der Waals surface area contributed by atoms with E-state index in [2.05, 4.69) is 4.98 Å². The molecule has 3 rings (SSSR count). The van der Waals surface area contributed by atoms with E-state index in [-0.39, 0.29) is 22.8 Å². The molecule has 7 heteroatoms. The number of aromatic amines is 1. The molecule has 1 amide bonds. The van der Waals surface area contributed by atoms with E-state index in [9.17, 15) is 9.59 Å². The van der Waals surface area contributed by atoms with E-state index in [4.69, 9.17) is 12.2 Å². The van der Waals surface area contributed by atoms with Gasteiger partial charge in [0.25, 0.3) is 5.56 Å². The Morgan fingerprint density at radius 2 is 2.04 bits per heavy atom. The first-order valence-electron chi connectivity index (χ1n) is 8.03.